The third-order valence-electron chi connectivity index (χ3n) is 3.19. The SMILES string of the molecule is COCCOCC(=O)Nc1ccccc1N1CCOCC1. The van der Waals surface area contributed by atoms with E-state index in [4.69, 9.17) is 14.2 Å². The van der Waals surface area contributed by atoms with Crippen molar-refractivity contribution in [1.82, 2.24) is 0 Å². The molecular formula is C15H22N2O4. The van der Waals surface area contributed by atoms with Gasteiger partial charge in [0.05, 0.1) is 37.8 Å². The molecule has 1 amide bonds. The summed E-state index contributed by atoms with van der Waals surface area (Å²) in [7, 11) is 1.60. The van der Waals surface area contributed by atoms with Gasteiger partial charge in [-0.3, -0.25) is 4.79 Å². The molecule has 21 heavy (non-hydrogen) atoms. The summed E-state index contributed by atoms with van der Waals surface area (Å²) in [5.41, 5.74) is 1.82. The van der Waals surface area contributed by atoms with Crippen LogP contribution in [0.5, 0.6) is 0 Å². The Labute approximate surface area is 125 Å². The Morgan fingerprint density at radius 3 is 2.81 bits per heavy atom. The van der Waals surface area contributed by atoms with Crippen molar-refractivity contribution in [3.8, 4) is 0 Å². The summed E-state index contributed by atoms with van der Waals surface area (Å²) in [6.45, 7) is 4.01. The Kier molecular flexibility index (Phi) is 6.46. The number of nitrogens with one attached hydrogen (secondary N) is 1. The fourth-order valence-corrected chi connectivity index (χ4v) is 2.15. The van der Waals surface area contributed by atoms with Crippen molar-refractivity contribution in [2.45, 2.75) is 0 Å². The van der Waals surface area contributed by atoms with Crippen LogP contribution in [0.1, 0.15) is 0 Å². The zero-order valence-electron chi connectivity index (χ0n) is 12.3. The first-order valence-corrected chi connectivity index (χ1v) is 7.09. The average molecular weight is 294 g/mol. The van der Waals surface area contributed by atoms with E-state index in [0.29, 0.717) is 26.4 Å². The molecule has 0 bridgehead atoms. The van der Waals surface area contributed by atoms with Crippen LogP contribution in [0.15, 0.2) is 24.3 Å². The first-order chi connectivity index (χ1) is 10.3. The monoisotopic (exact) mass is 294 g/mol. The summed E-state index contributed by atoms with van der Waals surface area (Å²) in [6.07, 6.45) is 0. The fraction of sp³-hybridized carbons (Fsp3) is 0.533. The first-order valence-electron chi connectivity index (χ1n) is 7.09. The summed E-state index contributed by atoms with van der Waals surface area (Å²) in [5.74, 6) is -0.160. The number of carbonyl (C=O) groups excluding carboxylic acids is 1. The van der Waals surface area contributed by atoms with Crippen molar-refractivity contribution in [2.75, 3.05) is 63.5 Å². The maximum atomic E-state index is 11.9. The van der Waals surface area contributed by atoms with E-state index in [1.165, 1.54) is 0 Å². The average Bonchev–Trinajstić information content (AvgIpc) is 2.53. The van der Waals surface area contributed by atoms with E-state index in [1.54, 1.807) is 7.11 Å². The number of hydrogen-bond donors (Lipinski definition) is 1. The molecule has 1 N–H and O–H groups in total. The maximum Gasteiger partial charge on any atom is 0.250 e. The second-order valence-electron chi connectivity index (χ2n) is 4.71. The van der Waals surface area contributed by atoms with E-state index in [1.807, 2.05) is 24.3 Å². The topological polar surface area (TPSA) is 60.0 Å². The van der Waals surface area contributed by atoms with Crippen LogP contribution >= 0.6 is 0 Å². The molecule has 1 aromatic rings. The molecule has 1 aromatic carbocycles. The van der Waals surface area contributed by atoms with Crippen LogP contribution in [-0.4, -0.2) is 59.1 Å². The van der Waals surface area contributed by atoms with Gasteiger partial charge in [-0.1, -0.05) is 12.1 Å². The molecule has 0 unspecified atom stereocenters. The molecule has 116 valence electrons. The molecule has 0 spiro atoms. The van der Waals surface area contributed by atoms with Crippen molar-refractivity contribution in [3.63, 3.8) is 0 Å². The minimum Gasteiger partial charge on any atom is -0.382 e. The molecule has 0 aliphatic carbocycles. The van der Waals surface area contributed by atoms with Crippen molar-refractivity contribution in [2.24, 2.45) is 0 Å². The van der Waals surface area contributed by atoms with Gasteiger partial charge in [0.25, 0.3) is 0 Å². The van der Waals surface area contributed by atoms with Crippen molar-refractivity contribution < 1.29 is 19.0 Å². The summed E-state index contributed by atoms with van der Waals surface area (Å²) in [5, 5.41) is 2.90. The minimum atomic E-state index is -0.160. The van der Waals surface area contributed by atoms with E-state index >= 15 is 0 Å². The summed E-state index contributed by atoms with van der Waals surface area (Å²) in [4.78, 5) is 14.1. The predicted molar refractivity (Wildman–Crippen MR) is 80.8 cm³/mol. The van der Waals surface area contributed by atoms with Crippen LogP contribution in [-0.2, 0) is 19.0 Å². The Morgan fingerprint density at radius 1 is 1.29 bits per heavy atom. The van der Waals surface area contributed by atoms with Gasteiger partial charge in [0.1, 0.15) is 6.61 Å². The van der Waals surface area contributed by atoms with Gasteiger partial charge in [0.2, 0.25) is 5.91 Å². The second kappa shape index (κ2) is 8.61. The number of carbonyl (C=O) groups is 1. The van der Waals surface area contributed by atoms with Gasteiger partial charge < -0.3 is 24.4 Å². The number of methoxy groups -OCH3 is 1. The summed E-state index contributed by atoms with van der Waals surface area (Å²) in [6, 6.07) is 7.78. The maximum absolute atomic E-state index is 11.9. The number of amides is 1. The van der Waals surface area contributed by atoms with Gasteiger partial charge in [-0.25, -0.2) is 0 Å². The van der Waals surface area contributed by atoms with E-state index < -0.39 is 0 Å². The Morgan fingerprint density at radius 2 is 2.05 bits per heavy atom. The van der Waals surface area contributed by atoms with Crippen LogP contribution in [0, 0.1) is 0 Å². The molecule has 0 saturated carbocycles. The molecule has 1 aliphatic rings. The van der Waals surface area contributed by atoms with E-state index in [9.17, 15) is 4.79 Å². The predicted octanol–water partition coefficient (Wildman–Crippen LogP) is 1.12. The van der Waals surface area contributed by atoms with Crippen molar-refractivity contribution >= 4 is 17.3 Å². The van der Waals surface area contributed by atoms with Gasteiger partial charge in [-0.05, 0) is 12.1 Å². The number of nitrogens with zero attached hydrogens (tertiary/aromatic N) is 1. The third-order valence-corrected chi connectivity index (χ3v) is 3.19. The number of benzene rings is 1. The van der Waals surface area contributed by atoms with Crippen molar-refractivity contribution in [3.05, 3.63) is 24.3 Å². The Bertz CT molecular complexity index is 447. The van der Waals surface area contributed by atoms with Crippen molar-refractivity contribution in [1.29, 1.82) is 0 Å². The highest BCUT2D eigenvalue weighted by Crippen LogP contribution is 2.26. The Hall–Kier alpha value is -1.63. The minimum absolute atomic E-state index is 0.0286. The zero-order valence-corrected chi connectivity index (χ0v) is 12.3. The lowest BCUT2D eigenvalue weighted by Crippen LogP contribution is -2.36. The van der Waals surface area contributed by atoms with Crippen LogP contribution in [0.25, 0.3) is 0 Å². The number of rotatable bonds is 7. The molecule has 1 fully saturated rings. The van der Waals surface area contributed by atoms with E-state index in [2.05, 4.69) is 10.2 Å². The molecule has 6 nitrogen and oxygen atoms in total. The second-order valence-corrected chi connectivity index (χ2v) is 4.71. The van der Waals surface area contributed by atoms with Crippen LogP contribution in [0.3, 0.4) is 0 Å². The standard InChI is InChI=1S/C15H22N2O4/c1-19-10-11-21-12-15(18)16-13-4-2-3-5-14(13)17-6-8-20-9-7-17/h2-5H,6-12H2,1H3,(H,16,18). The molecular weight excluding hydrogens is 272 g/mol. The highest BCUT2D eigenvalue weighted by Gasteiger charge is 2.15. The quantitative estimate of drug-likeness (QED) is 0.764. The third kappa shape index (κ3) is 5.00. The number of para-hydroxylation sites is 2. The zero-order chi connectivity index (χ0) is 14.9. The van der Waals surface area contributed by atoms with Crippen LogP contribution in [0.2, 0.25) is 0 Å². The molecule has 1 heterocycles. The Balaban J connectivity index is 1.91. The lowest BCUT2D eigenvalue weighted by molar-refractivity contribution is -0.121. The lowest BCUT2D eigenvalue weighted by atomic mass is 10.2. The fourth-order valence-electron chi connectivity index (χ4n) is 2.15. The normalized spacial score (nSPS) is 15.0. The molecule has 1 aliphatic heterocycles. The van der Waals surface area contributed by atoms with Gasteiger partial charge in [-0.2, -0.15) is 0 Å². The summed E-state index contributed by atoms with van der Waals surface area (Å²) >= 11 is 0. The lowest BCUT2D eigenvalue weighted by Gasteiger charge is -2.30. The molecule has 0 radical (unpaired) electrons. The molecule has 6 heteroatoms. The van der Waals surface area contributed by atoms with Crippen LogP contribution < -0.4 is 10.2 Å². The van der Waals surface area contributed by atoms with Gasteiger partial charge in [-0.15, -0.1) is 0 Å². The van der Waals surface area contributed by atoms with Gasteiger partial charge >= 0.3 is 0 Å². The smallest absolute Gasteiger partial charge is 0.250 e. The number of hydrogen-bond acceptors (Lipinski definition) is 5. The number of anilines is 2. The number of ether oxygens (including phenoxy) is 3. The summed E-state index contributed by atoms with van der Waals surface area (Å²) < 4.78 is 15.4. The first kappa shape index (κ1) is 15.8. The van der Waals surface area contributed by atoms with Gasteiger partial charge in [0, 0.05) is 20.2 Å². The largest absolute Gasteiger partial charge is 0.382 e. The highest BCUT2D eigenvalue weighted by molar-refractivity contribution is 5.95. The van der Waals surface area contributed by atoms with E-state index in [0.717, 1.165) is 24.5 Å². The van der Waals surface area contributed by atoms with Gasteiger partial charge in [0.15, 0.2) is 0 Å². The number of morpholine rings is 1. The highest BCUT2D eigenvalue weighted by atomic mass is 16.5. The van der Waals surface area contributed by atoms with Crippen LogP contribution in [0.4, 0.5) is 11.4 Å². The molecule has 1 saturated heterocycles. The van der Waals surface area contributed by atoms with E-state index in [-0.39, 0.29) is 12.5 Å². The molecule has 0 atom stereocenters. The molecule has 2 rings (SSSR count). The molecule has 0 aromatic heterocycles.